The Hall–Kier alpha value is -1.80. The molecule has 2 aromatic carbocycles. The molecule has 2 N–H and O–H groups in total. The summed E-state index contributed by atoms with van der Waals surface area (Å²) in [6, 6.07) is 14.9. The molecule has 2 heteroatoms. The Bertz CT molecular complexity index is 606. The van der Waals surface area contributed by atoms with Crippen LogP contribution in [-0.2, 0) is 0 Å². The SMILES string of the molecule is Cc1ccc(C)c(OCCCC(CN)c2ccccc2C)c1. The second kappa shape index (κ2) is 8.00. The van der Waals surface area contributed by atoms with Gasteiger partial charge in [-0.2, -0.15) is 0 Å². The predicted molar refractivity (Wildman–Crippen MR) is 93.6 cm³/mol. The minimum atomic E-state index is 0.420. The topological polar surface area (TPSA) is 35.2 Å². The van der Waals surface area contributed by atoms with Crippen molar-refractivity contribution in [1.82, 2.24) is 0 Å². The van der Waals surface area contributed by atoms with Crippen LogP contribution in [0.2, 0.25) is 0 Å². The van der Waals surface area contributed by atoms with Crippen molar-refractivity contribution in [3.05, 3.63) is 64.7 Å². The highest BCUT2D eigenvalue weighted by Crippen LogP contribution is 2.24. The summed E-state index contributed by atoms with van der Waals surface area (Å²) >= 11 is 0. The van der Waals surface area contributed by atoms with E-state index in [4.69, 9.17) is 10.5 Å². The minimum absolute atomic E-state index is 0.420. The van der Waals surface area contributed by atoms with Crippen LogP contribution in [-0.4, -0.2) is 13.2 Å². The fourth-order valence-corrected chi connectivity index (χ4v) is 2.82. The van der Waals surface area contributed by atoms with Gasteiger partial charge in [-0.25, -0.2) is 0 Å². The maximum Gasteiger partial charge on any atom is 0.122 e. The molecule has 0 fully saturated rings. The lowest BCUT2D eigenvalue weighted by Gasteiger charge is -2.18. The molecule has 118 valence electrons. The quantitative estimate of drug-likeness (QED) is 0.763. The molecule has 0 amide bonds. The van der Waals surface area contributed by atoms with Crippen LogP contribution in [0, 0.1) is 20.8 Å². The predicted octanol–water partition coefficient (Wildman–Crippen LogP) is 4.51. The number of hydrogen-bond acceptors (Lipinski definition) is 2. The second-order valence-corrected chi connectivity index (χ2v) is 6.05. The number of ether oxygens (including phenoxy) is 1. The molecule has 0 radical (unpaired) electrons. The third-order valence-electron chi connectivity index (χ3n) is 4.21. The zero-order valence-electron chi connectivity index (χ0n) is 13.9. The molecule has 0 saturated carbocycles. The molecule has 22 heavy (non-hydrogen) atoms. The van der Waals surface area contributed by atoms with Gasteiger partial charge in [0, 0.05) is 0 Å². The molecular weight excluding hydrogens is 270 g/mol. The standard InChI is InChI=1S/C20H27NO/c1-15-10-11-17(3)20(13-15)22-12-6-8-18(14-21)19-9-5-4-7-16(19)2/h4-5,7,9-11,13,18H,6,8,12,14,21H2,1-3H3. The maximum absolute atomic E-state index is 5.97. The van der Waals surface area contributed by atoms with Crippen molar-refractivity contribution >= 4 is 0 Å². The fraction of sp³-hybridized carbons (Fsp3) is 0.400. The van der Waals surface area contributed by atoms with Gasteiger partial charge in [0.2, 0.25) is 0 Å². The number of nitrogens with two attached hydrogens (primary N) is 1. The molecule has 0 saturated heterocycles. The van der Waals surface area contributed by atoms with Gasteiger partial charge in [-0.05, 0) is 74.4 Å². The molecule has 2 nitrogen and oxygen atoms in total. The van der Waals surface area contributed by atoms with E-state index in [0.29, 0.717) is 12.5 Å². The summed E-state index contributed by atoms with van der Waals surface area (Å²) in [6.07, 6.45) is 2.08. The van der Waals surface area contributed by atoms with E-state index in [1.807, 2.05) is 0 Å². The van der Waals surface area contributed by atoms with Crippen molar-refractivity contribution in [3.8, 4) is 5.75 Å². The van der Waals surface area contributed by atoms with E-state index in [2.05, 4.69) is 63.2 Å². The van der Waals surface area contributed by atoms with Crippen LogP contribution in [0.15, 0.2) is 42.5 Å². The largest absolute Gasteiger partial charge is 0.493 e. The van der Waals surface area contributed by atoms with Crippen molar-refractivity contribution in [2.24, 2.45) is 5.73 Å². The lowest BCUT2D eigenvalue weighted by molar-refractivity contribution is 0.299. The molecule has 2 aromatic rings. The van der Waals surface area contributed by atoms with Gasteiger partial charge in [-0.1, -0.05) is 36.4 Å². The average Bonchev–Trinajstić information content (AvgIpc) is 2.52. The Morgan fingerprint density at radius 3 is 2.50 bits per heavy atom. The first-order valence-electron chi connectivity index (χ1n) is 8.07. The van der Waals surface area contributed by atoms with Crippen molar-refractivity contribution in [2.75, 3.05) is 13.2 Å². The lowest BCUT2D eigenvalue weighted by atomic mass is 9.91. The van der Waals surface area contributed by atoms with Gasteiger partial charge in [0.15, 0.2) is 0 Å². The number of aryl methyl sites for hydroxylation is 3. The van der Waals surface area contributed by atoms with Gasteiger partial charge in [0.05, 0.1) is 6.61 Å². The normalized spacial score (nSPS) is 12.2. The first kappa shape index (κ1) is 16.6. The second-order valence-electron chi connectivity index (χ2n) is 6.05. The van der Waals surface area contributed by atoms with Gasteiger partial charge in [-0.15, -0.1) is 0 Å². The summed E-state index contributed by atoms with van der Waals surface area (Å²) < 4.78 is 5.94. The Morgan fingerprint density at radius 1 is 1.00 bits per heavy atom. The van der Waals surface area contributed by atoms with E-state index in [1.165, 1.54) is 22.3 Å². The van der Waals surface area contributed by atoms with E-state index in [0.717, 1.165) is 25.2 Å². The van der Waals surface area contributed by atoms with Gasteiger partial charge < -0.3 is 10.5 Å². The van der Waals surface area contributed by atoms with E-state index in [-0.39, 0.29) is 0 Å². The molecule has 0 aliphatic heterocycles. The van der Waals surface area contributed by atoms with Crippen molar-refractivity contribution < 1.29 is 4.74 Å². The Kier molecular flexibility index (Phi) is 6.02. The third kappa shape index (κ3) is 4.35. The van der Waals surface area contributed by atoms with Crippen LogP contribution in [0.5, 0.6) is 5.75 Å². The summed E-state index contributed by atoms with van der Waals surface area (Å²) in [5, 5.41) is 0. The zero-order valence-corrected chi connectivity index (χ0v) is 13.9. The summed E-state index contributed by atoms with van der Waals surface area (Å²) in [5.74, 6) is 1.42. The summed E-state index contributed by atoms with van der Waals surface area (Å²) in [6.45, 7) is 7.77. The molecule has 2 rings (SSSR count). The monoisotopic (exact) mass is 297 g/mol. The van der Waals surface area contributed by atoms with Gasteiger partial charge >= 0.3 is 0 Å². The number of rotatable bonds is 7. The molecular formula is C20H27NO. The smallest absolute Gasteiger partial charge is 0.122 e. The Morgan fingerprint density at radius 2 is 1.77 bits per heavy atom. The van der Waals surface area contributed by atoms with Crippen molar-refractivity contribution in [1.29, 1.82) is 0 Å². The molecule has 1 atom stereocenters. The van der Waals surface area contributed by atoms with Gasteiger partial charge in [0.1, 0.15) is 5.75 Å². The van der Waals surface area contributed by atoms with Crippen LogP contribution in [0.1, 0.15) is 41.0 Å². The van der Waals surface area contributed by atoms with Crippen LogP contribution in [0.4, 0.5) is 0 Å². The lowest BCUT2D eigenvalue weighted by Crippen LogP contribution is -2.14. The Balaban J connectivity index is 1.87. The highest BCUT2D eigenvalue weighted by Gasteiger charge is 2.11. The first-order valence-corrected chi connectivity index (χ1v) is 8.07. The third-order valence-corrected chi connectivity index (χ3v) is 4.21. The molecule has 0 aromatic heterocycles. The van der Waals surface area contributed by atoms with Crippen LogP contribution in [0.25, 0.3) is 0 Å². The van der Waals surface area contributed by atoms with Crippen molar-refractivity contribution in [3.63, 3.8) is 0 Å². The number of benzene rings is 2. The molecule has 0 bridgehead atoms. The molecule has 0 heterocycles. The van der Waals surface area contributed by atoms with E-state index in [1.54, 1.807) is 0 Å². The van der Waals surface area contributed by atoms with Crippen LogP contribution in [0.3, 0.4) is 0 Å². The zero-order chi connectivity index (χ0) is 15.9. The summed E-state index contributed by atoms with van der Waals surface area (Å²) in [7, 11) is 0. The van der Waals surface area contributed by atoms with Gasteiger partial charge in [0.25, 0.3) is 0 Å². The summed E-state index contributed by atoms with van der Waals surface area (Å²) in [5.41, 5.74) is 11.1. The molecule has 0 spiro atoms. The molecule has 0 aliphatic carbocycles. The van der Waals surface area contributed by atoms with Crippen molar-refractivity contribution in [2.45, 2.75) is 39.5 Å². The highest BCUT2D eigenvalue weighted by molar-refractivity contribution is 5.36. The molecule has 0 aliphatic rings. The first-order chi connectivity index (χ1) is 10.6. The minimum Gasteiger partial charge on any atom is -0.493 e. The average molecular weight is 297 g/mol. The van der Waals surface area contributed by atoms with E-state index >= 15 is 0 Å². The Labute approximate surface area is 134 Å². The van der Waals surface area contributed by atoms with E-state index < -0.39 is 0 Å². The maximum atomic E-state index is 5.97. The van der Waals surface area contributed by atoms with E-state index in [9.17, 15) is 0 Å². The highest BCUT2D eigenvalue weighted by atomic mass is 16.5. The fourth-order valence-electron chi connectivity index (χ4n) is 2.82. The summed E-state index contributed by atoms with van der Waals surface area (Å²) in [4.78, 5) is 0. The van der Waals surface area contributed by atoms with Gasteiger partial charge in [-0.3, -0.25) is 0 Å². The van der Waals surface area contributed by atoms with Crippen LogP contribution < -0.4 is 10.5 Å². The number of hydrogen-bond donors (Lipinski definition) is 1. The van der Waals surface area contributed by atoms with Crippen LogP contribution >= 0.6 is 0 Å². The molecule has 1 unspecified atom stereocenters.